The lowest BCUT2D eigenvalue weighted by Crippen LogP contribution is -2.34. The number of halogens is 2. The van der Waals surface area contributed by atoms with Gasteiger partial charge in [-0.1, -0.05) is 18.5 Å². The lowest BCUT2D eigenvalue weighted by Gasteiger charge is -2.14. The summed E-state index contributed by atoms with van der Waals surface area (Å²) in [5, 5.41) is 3.09. The van der Waals surface area contributed by atoms with Crippen molar-refractivity contribution in [2.45, 2.75) is 19.4 Å². The van der Waals surface area contributed by atoms with Crippen LogP contribution in [0.15, 0.2) is 18.2 Å². The van der Waals surface area contributed by atoms with E-state index >= 15 is 0 Å². The molecule has 0 aliphatic carbocycles. The Morgan fingerprint density at radius 3 is 2.73 bits per heavy atom. The maximum Gasteiger partial charge on any atom is 0.239 e. The highest BCUT2D eigenvalue weighted by Crippen LogP contribution is 2.19. The van der Waals surface area contributed by atoms with Gasteiger partial charge in [0, 0.05) is 10.7 Å². The van der Waals surface area contributed by atoms with Crippen molar-refractivity contribution in [1.29, 1.82) is 0 Å². The van der Waals surface area contributed by atoms with Gasteiger partial charge < -0.3 is 11.1 Å². The lowest BCUT2D eigenvalue weighted by molar-refractivity contribution is -0.118. The minimum Gasteiger partial charge on any atom is -0.374 e. The van der Waals surface area contributed by atoms with Gasteiger partial charge in [0.1, 0.15) is 11.9 Å². The Hall–Kier alpha value is -1.29. The zero-order valence-corrected chi connectivity index (χ0v) is 9.01. The Kier molecular flexibility index (Phi) is 3.91. The van der Waals surface area contributed by atoms with Crippen LogP contribution in [0.25, 0.3) is 0 Å². The van der Waals surface area contributed by atoms with Gasteiger partial charge in [-0.15, -0.1) is 0 Å². The van der Waals surface area contributed by atoms with Crippen LogP contribution in [0, 0.1) is 5.82 Å². The maximum atomic E-state index is 12.9. The molecule has 0 aliphatic rings. The molecule has 0 saturated heterocycles. The number of carbonyl (C=O) groups excluding carboxylic acids is 1. The molecular weight excluding hydrogens is 219 g/mol. The van der Waals surface area contributed by atoms with E-state index in [0.717, 1.165) is 0 Å². The van der Waals surface area contributed by atoms with Crippen molar-refractivity contribution in [3.63, 3.8) is 0 Å². The van der Waals surface area contributed by atoms with Crippen LogP contribution >= 0.6 is 11.6 Å². The van der Waals surface area contributed by atoms with Crippen LogP contribution in [-0.2, 0) is 4.79 Å². The van der Waals surface area contributed by atoms with E-state index in [1.54, 1.807) is 0 Å². The zero-order chi connectivity index (χ0) is 11.4. The zero-order valence-electron chi connectivity index (χ0n) is 8.26. The third-order valence-electron chi connectivity index (χ3n) is 1.96. The van der Waals surface area contributed by atoms with Gasteiger partial charge in [-0.05, 0) is 24.6 Å². The molecule has 0 bridgehead atoms. The van der Waals surface area contributed by atoms with E-state index < -0.39 is 17.8 Å². The number of primary amides is 1. The predicted molar refractivity (Wildman–Crippen MR) is 58.3 cm³/mol. The number of anilines is 1. The first-order valence-corrected chi connectivity index (χ1v) is 4.92. The number of rotatable bonds is 4. The summed E-state index contributed by atoms with van der Waals surface area (Å²) in [4.78, 5) is 10.9. The molecule has 0 saturated carbocycles. The van der Waals surface area contributed by atoms with Crippen LogP contribution in [0.3, 0.4) is 0 Å². The van der Waals surface area contributed by atoms with Crippen LogP contribution in [-0.4, -0.2) is 11.9 Å². The van der Waals surface area contributed by atoms with Crippen molar-refractivity contribution in [2.24, 2.45) is 5.73 Å². The third-order valence-corrected chi connectivity index (χ3v) is 2.17. The molecule has 82 valence electrons. The Labute approximate surface area is 92.4 Å². The molecular formula is C10H12ClFN2O. The van der Waals surface area contributed by atoms with E-state index in [0.29, 0.717) is 12.1 Å². The quantitative estimate of drug-likeness (QED) is 0.833. The molecule has 15 heavy (non-hydrogen) atoms. The summed E-state index contributed by atoms with van der Waals surface area (Å²) in [6.45, 7) is 1.81. The second-order valence-electron chi connectivity index (χ2n) is 3.17. The van der Waals surface area contributed by atoms with Crippen molar-refractivity contribution in [1.82, 2.24) is 0 Å². The van der Waals surface area contributed by atoms with Crippen LogP contribution in [0.2, 0.25) is 5.02 Å². The number of carbonyl (C=O) groups is 1. The summed E-state index contributed by atoms with van der Waals surface area (Å²) in [5.41, 5.74) is 5.59. The summed E-state index contributed by atoms with van der Waals surface area (Å²) in [6, 6.07) is 3.48. The average Bonchev–Trinajstić information content (AvgIpc) is 2.12. The lowest BCUT2D eigenvalue weighted by atomic mass is 10.2. The van der Waals surface area contributed by atoms with Crippen molar-refractivity contribution in [2.75, 3.05) is 5.32 Å². The molecule has 3 nitrogen and oxygen atoms in total. The fourth-order valence-corrected chi connectivity index (χ4v) is 1.43. The molecule has 0 heterocycles. The fraction of sp³-hybridized carbons (Fsp3) is 0.300. The van der Waals surface area contributed by atoms with E-state index in [1.807, 2.05) is 6.92 Å². The standard InChI is InChI=1S/C10H12ClFN2O/c1-2-9(10(13)15)14-8-4-6(11)3-7(12)5-8/h3-5,9,14H,2H2,1H3,(H2,13,15). The fourth-order valence-electron chi connectivity index (χ4n) is 1.21. The van der Waals surface area contributed by atoms with Crippen LogP contribution in [0.4, 0.5) is 10.1 Å². The van der Waals surface area contributed by atoms with Gasteiger partial charge in [0.15, 0.2) is 0 Å². The summed E-state index contributed by atoms with van der Waals surface area (Å²) >= 11 is 5.66. The number of benzene rings is 1. The van der Waals surface area contributed by atoms with Gasteiger partial charge in [0.05, 0.1) is 0 Å². The number of hydrogen-bond acceptors (Lipinski definition) is 2. The number of nitrogens with one attached hydrogen (secondary N) is 1. The summed E-state index contributed by atoms with van der Waals surface area (Å²) in [7, 11) is 0. The van der Waals surface area contributed by atoms with Crippen molar-refractivity contribution in [3.05, 3.63) is 29.0 Å². The molecule has 1 atom stereocenters. The number of amides is 1. The van der Waals surface area contributed by atoms with E-state index in [9.17, 15) is 9.18 Å². The Morgan fingerprint density at radius 2 is 2.27 bits per heavy atom. The summed E-state index contributed by atoms with van der Waals surface area (Å²) in [6.07, 6.45) is 0.531. The van der Waals surface area contributed by atoms with E-state index in [-0.39, 0.29) is 5.02 Å². The molecule has 0 fully saturated rings. The first-order chi connectivity index (χ1) is 7.02. The third kappa shape index (κ3) is 3.40. The largest absolute Gasteiger partial charge is 0.374 e. The molecule has 1 rings (SSSR count). The van der Waals surface area contributed by atoms with Crippen LogP contribution < -0.4 is 11.1 Å². The molecule has 0 spiro atoms. The minimum atomic E-state index is -0.511. The van der Waals surface area contributed by atoms with Gasteiger partial charge in [-0.3, -0.25) is 4.79 Å². The molecule has 1 aromatic rings. The molecule has 0 aromatic heterocycles. The van der Waals surface area contributed by atoms with Gasteiger partial charge >= 0.3 is 0 Å². The topological polar surface area (TPSA) is 55.1 Å². The van der Waals surface area contributed by atoms with Crippen LogP contribution in [0.5, 0.6) is 0 Å². The molecule has 0 aliphatic heterocycles. The molecule has 1 amide bonds. The Morgan fingerprint density at radius 1 is 1.60 bits per heavy atom. The highest BCUT2D eigenvalue weighted by molar-refractivity contribution is 6.30. The predicted octanol–water partition coefficient (Wildman–Crippen LogP) is 2.15. The normalized spacial score (nSPS) is 12.2. The monoisotopic (exact) mass is 230 g/mol. The van der Waals surface area contributed by atoms with Crippen molar-refractivity contribution < 1.29 is 9.18 Å². The van der Waals surface area contributed by atoms with Gasteiger partial charge in [-0.25, -0.2) is 4.39 Å². The second-order valence-corrected chi connectivity index (χ2v) is 3.60. The molecule has 1 unspecified atom stereocenters. The number of hydrogen-bond donors (Lipinski definition) is 2. The Balaban J connectivity index is 2.83. The van der Waals surface area contributed by atoms with Crippen molar-refractivity contribution >= 4 is 23.2 Å². The minimum absolute atomic E-state index is 0.275. The molecule has 1 aromatic carbocycles. The molecule has 0 radical (unpaired) electrons. The highest BCUT2D eigenvalue weighted by atomic mass is 35.5. The van der Waals surface area contributed by atoms with Gasteiger partial charge in [0.2, 0.25) is 5.91 Å². The van der Waals surface area contributed by atoms with Crippen molar-refractivity contribution in [3.8, 4) is 0 Å². The first-order valence-electron chi connectivity index (χ1n) is 4.55. The maximum absolute atomic E-state index is 12.9. The van der Waals surface area contributed by atoms with E-state index in [4.69, 9.17) is 17.3 Å². The number of nitrogens with two attached hydrogens (primary N) is 1. The van der Waals surface area contributed by atoms with Gasteiger partial charge in [-0.2, -0.15) is 0 Å². The van der Waals surface area contributed by atoms with Crippen LogP contribution in [0.1, 0.15) is 13.3 Å². The Bertz CT molecular complexity index is 350. The summed E-state index contributed by atoms with van der Waals surface area (Å²) < 4.78 is 12.9. The van der Waals surface area contributed by atoms with E-state index in [2.05, 4.69) is 5.32 Å². The summed E-state index contributed by atoms with van der Waals surface area (Å²) in [5.74, 6) is -0.929. The van der Waals surface area contributed by atoms with Gasteiger partial charge in [0.25, 0.3) is 0 Å². The molecule has 5 heteroatoms. The SMILES string of the molecule is CCC(Nc1cc(F)cc(Cl)c1)C(N)=O. The smallest absolute Gasteiger partial charge is 0.239 e. The second kappa shape index (κ2) is 4.98. The highest BCUT2D eigenvalue weighted by Gasteiger charge is 2.12. The molecule has 3 N–H and O–H groups in total. The first kappa shape index (κ1) is 11.8. The van der Waals surface area contributed by atoms with E-state index in [1.165, 1.54) is 18.2 Å². The average molecular weight is 231 g/mol.